The quantitative estimate of drug-likeness (QED) is 0.730. The van der Waals surface area contributed by atoms with Gasteiger partial charge in [0.25, 0.3) is 5.91 Å². The van der Waals surface area contributed by atoms with Crippen molar-refractivity contribution in [1.29, 1.82) is 0 Å². The van der Waals surface area contributed by atoms with Crippen LogP contribution in [0.3, 0.4) is 0 Å². The molecule has 0 fully saturated rings. The molecule has 0 aliphatic carbocycles. The summed E-state index contributed by atoms with van der Waals surface area (Å²) in [7, 11) is 0. The molecule has 0 spiro atoms. The summed E-state index contributed by atoms with van der Waals surface area (Å²) in [4.78, 5) is 15.3. The molecule has 108 valence electrons. The maximum atomic E-state index is 12.2. The standard InChI is InChI=1S/C15H27N3O/c1-6-18(7-2,8-3)10-9-16-15(19)14-12(4)11-17-13(14)5/h11H,6-10H2,1-5H3,(H-,16,17,19)/p+1. The van der Waals surface area contributed by atoms with E-state index in [0.29, 0.717) is 0 Å². The highest BCUT2D eigenvalue weighted by Crippen LogP contribution is 2.11. The monoisotopic (exact) mass is 266 g/mol. The van der Waals surface area contributed by atoms with E-state index in [1.807, 2.05) is 20.0 Å². The Labute approximate surface area is 116 Å². The van der Waals surface area contributed by atoms with Crippen LogP contribution in [-0.4, -0.2) is 48.1 Å². The first-order valence-electron chi connectivity index (χ1n) is 7.27. The van der Waals surface area contributed by atoms with E-state index in [1.54, 1.807) is 0 Å². The van der Waals surface area contributed by atoms with E-state index in [9.17, 15) is 4.79 Å². The number of H-pyrrole nitrogens is 1. The number of aromatic amines is 1. The fraction of sp³-hybridized carbons (Fsp3) is 0.667. The van der Waals surface area contributed by atoms with Gasteiger partial charge in [-0.25, -0.2) is 0 Å². The molecular formula is C15H28N3O+. The lowest BCUT2D eigenvalue weighted by Gasteiger charge is -2.35. The highest BCUT2D eigenvalue weighted by Gasteiger charge is 2.21. The first-order chi connectivity index (χ1) is 8.99. The molecule has 1 heterocycles. The average molecular weight is 266 g/mol. The van der Waals surface area contributed by atoms with Crippen molar-refractivity contribution in [3.05, 3.63) is 23.0 Å². The van der Waals surface area contributed by atoms with E-state index in [1.165, 1.54) is 0 Å². The van der Waals surface area contributed by atoms with Gasteiger partial charge in [-0.3, -0.25) is 4.79 Å². The van der Waals surface area contributed by atoms with Gasteiger partial charge in [0.15, 0.2) is 0 Å². The molecule has 0 unspecified atom stereocenters. The summed E-state index contributed by atoms with van der Waals surface area (Å²) in [5, 5.41) is 3.05. The zero-order valence-corrected chi connectivity index (χ0v) is 13.0. The molecule has 0 atom stereocenters. The lowest BCUT2D eigenvalue weighted by molar-refractivity contribution is -0.922. The Hall–Kier alpha value is -1.29. The van der Waals surface area contributed by atoms with E-state index in [4.69, 9.17) is 0 Å². The largest absolute Gasteiger partial charge is 0.364 e. The molecule has 2 N–H and O–H groups in total. The number of likely N-dealkylation sites (N-methyl/N-ethyl adjacent to an activating group) is 1. The summed E-state index contributed by atoms with van der Waals surface area (Å²) >= 11 is 0. The number of aryl methyl sites for hydroxylation is 2. The number of nitrogens with one attached hydrogen (secondary N) is 2. The van der Waals surface area contributed by atoms with Gasteiger partial charge >= 0.3 is 0 Å². The molecule has 4 nitrogen and oxygen atoms in total. The third kappa shape index (κ3) is 3.60. The fourth-order valence-electron chi connectivity index (χ4n) is 2.65. The smallest absolute Gasteiger partial charge is 0.253 e. The maximum Gasteiger partial charge on any atom is 0.253 e. The van der Waals surface area contributed by atoms with Crippen molar-refractivity contribution in [2.45, 2.75) is 34.6 Å². The molecule has 0 aromatic carbocycles. The van der Waals surface area contributed by atoms with Crippen molar-refractivity contribution in [1.82, 2.24) is 10.3 Å². The number of rotatable bonds is 7. The van der Waals surface area contributed by atoms with Crippen LogP contribution in [0.4, 0.5) is 0 Å². The Morgan fingerprint density at radius 1 is 1.21 bits per heavy atom. The highest BCUT2D eigenvalue weighted by molar-refractivity contribution is 5.96. The summed E-state index contributed by atoms with van der Waals surface area (Å²) in [5.74, 6) is 0.0395. The SMILES string of the molecule is CC[N+](CC)(CC)CCNC(=O)c1c(C)c[nH]c1C. The minimum atomic E-state index is 0.0395. The summed E-state index contributed by atoms with van der Waals surface area (Å²) < 4.78 is 1.06. The molecule has 1 amide bonds. The van der Waals surface area contributed by atoms with Gasteiger partial charge in [0, 0.05) is 11.9 Å². The van der Waals surface area contributed by atoms with Crippen molar-refractivity contribution in [3.63, 3.8) is 0 Å². The molecule has 0 saturated carbocycles. The zero-order valence-electron chi connectivity index (χ0n) is 13.0. The Balaban J connectivity index is 2.56. The molecule has 0 aliphatic rings. The summed E-state index contributed by atoms with van der Waals surface area (Å²) in [6, 6.07) is 0. The van der Waals surface area contributed by atoms with Crippen LogP contribution in [0.5, 0.6) is 0 Å². The first kappa shape index (κ1) is 15.8. The van der Waals surface area contributed by atoms with E-state index in [2.05, 4.69) is 31.1 Å². The second kappa shape index (κ2) is 6.75. The molecule has 0 saturated heterocycles. The number of nitrogens with zero attached hydrogens (tertiary/aromatic N) is 1. The lowest BCUT2D eigenvalue weighted by Crippen LogP contribution is -2.51. The predicted octanol–water partition coefficient (Wildman–Crippen LogP) is 2.24. The molecule has 19 heavy (non-hydrogen) atoms. The van der Waals surface area contributed by atoms with Gasteiger partial charge in [0.05, 0.1) is 38.3 Å². The van der Waals surface area contributed by atoms with Crippen LogP contribution in [0.25, 0.3) is 0 Å². The molecule has 0 radical (unpaired) electrons. The van der Waals surface area contributed by atoms with E-state index >= 15 is 0 Å². The van der Waals surface area contributed by atoms with Crippen LogP contribution >= 0.6 is 0 Å². The third-order valence-corrected chi connectivity index (χ3v) is 4.39. The van der Waals surface area contributed by atoms with Crippen molar-refractivity contribution >= 4 is 5.91 Å². The number of hydrogen-bond donors (Lipinski definition) is 2. The van der Waals surface area contributed by atoms with Gasteiger partial charge in [-0.05, 0) is 40.2 Å². The van der Waals surface area contributed by atoms with Crippen LogP contribution in [0.15, 0.2) is 6.20 Å². The normalized spacial score (nSPS) is 11.6. The van der Waals surface area contributed by atoms with E-state index < -0.39 is 0 Å². The van der Waals surface area contributed by atoms with E-state index in [-0.39, 0.29) is 5.91 Å². The molecular weight excluding hydrogens is 238 g/mol. The highest BCUT2D eigenvalue weighted by atomic mass is 16.1. The molecule has 1 rings (SSSR count). The summed E-state index contributed by atoms with van der Waals surface area (Å²) in [5.41, 5.74) is 2.75. The topological polar surface area (TPSA) is 44.9 Å². The Morgan fingerprint density at radius 2 is 1.79 bits per heavy atom. The number of carbonyl (C=O) groups is 1. The lowest BCUT2D eigenvalue weighted by atomic mass is 10.1. The third-order valence-electron chi connectivity index (χ3n) is 4.39. The number of carbonyl (C=O) groups excluding carboxylic acids is 1. The van der Waals surface area contributed by atoms with Crippen molar-refractivity contribution in [2.75, 3.05) is 32.7 Å². The van der Waals surface area contributed by atoms with Gasteiger partial charge < -0.3 is 14.8 Å². The minimum Gasteiger partial charge on any atom is -0.364 e. The van der Waals surface area contributed by atoms with Crippen molar-refractivity contribution < 1.29 is 9.28 Å². The first-order valence-corrected chi connectivity index (χ1v) is 7.27. The van der Waals surface area contributed by atoms with Gasteiger partial charge in [-0.2, -0.15) is 0 Å². The number of aromatic nitrogens is 1. The minimum absolute atomic E-state index is 0.0395. The number of amides is 1. The van der Waals surface area contributed by atoms with Crippen LogP contribution in [0.1, 0.15) is 42.4 Å². The second-order valence-corrected chi connectivity index (χ2v) is 5.24. The van der Waals surface area contributed by atoms with Crippen molar-refractivity contribution in [2.24, 2.45) is 0 Å². The molecule has 0 aliphatic heterocycles. The van der Waals surface area contributed by atoms with Gasteiger partial charge in [0.2, 0.25) is 0 Å². The second-order valence-electron chi connectivity index (χ2n) is 5.24. The van der Waals surface area contributed by atoms with Crippen LogP contribution in [0.2, 0.25) is 0 Å². The number of quaternary nitrogens is 1. The molecule has 4 heteroatoms. The number of hydrogen-bond acceptors (Lipinski definition) is 1. The van der Waals surface area contributed by atoms with Crippen LogP contribution in [-0.2, 0) is 0 Å². The molecule has 0 bridgehead atoms. The van der Waals surface area contributed by atoms with Crippen molar-refractivity contribution in [3.8, 4) is 0 Å². The van der Waals surface area contributed by atoms with Crippen LogP contribution in [0, 0.1) is 13.8 Å². The summed E-state index contributed by atoms with van der Waals surface area (Å²) in [6.45, 7) is 15.6. The molecule has 1 aromatic heterocycles. The Bertz CT molecular complexity index is 391. The van der Waals surface area contributed by atoms with Gasteiger partial charge in [0.1, 0.15) is 0 Å². The van der Waals surface area contributed by atoms with Crippen LogP contribution < -0.4 is 5.32 Å². The molecule has 1 aromatic rings. The average Bonchev–Trinajstić information content (AvgIpc) is 2.75. The maximum absolute atomic E-state index is 12.2. The zero-order chi connectivity index (χ0) is 14.5. The van der Waals surface area contributed by atoms with Gasteiger partial charge in [-0.1, -0.05) is 0 Å². The Kier molecular flexibility index (Phi) is 5.60. The predicted molar refractivity (Wildman–Crippen MR) is 79.4 cm³/mol. The van der Waals surface area contributed by atoms with Gasteiger partial charge in [-0.15, -0.1) is 0 Å². The fourth-order valence-corrected chi connectivity index (χ4v) is 2.65. The Morgan fingerprint density at radius 3 is 2.21 bits per heavy atom. The summed E-state index contributed by atoms with van der Waals surface area (Å²) in [6.07, 6.45) is 1.88. The van der Waals surface area contributed by atoms with E-state index in [0.717, 1.165) is 54.0 Å².